The summed E-state index contributed by atoms with van der Waals surface area (Å²) in [5, 5.41) is 0. The number of nitrogens with two attached hydrogens (primary N) is 1. The van der Waals surface area contributed by atoms with Crippen molar-refractivity contribution in [3.05, 3.63) is 23.5 Å². The molecule has 0 amide bonds. The Kier molecular flexibility index (Phi) is 5.16. The third-order valence-electron chi connectivity index (χ3n) is 3.80. The summed E-state index contributed by atoms with van der Waals surface area (Å²) in [6.07, 6.45) is 5.10. The predicted molar refractivity (Wildman–Crippen MR) is 75.1 cm³/mol. The summed E-state index contributed by atoms with van der Waals surface area (Å²) in [5.74, 6) is 1.34. The SMILES string of the molecule is COc1cc(C)nc(COC2CCCCC2CN)c1. The van der Waals surface area contributed by atoms with Crippen molar-refractivity contribution < 1.29 is 9.47 Å². The van der Waals surface area contributed by atoms with Crippen LogP contribution < -0.4 is 10.5 Å². The van der Waals surface area contributed by atoms with E-state index in [4.69, 9.17) is 15.2 Å². The second-order valence-corrected chi connectivity index (χ2v) is 5.27. The first-order valence-corrected chi connectivity index (χ1v) is 7.06. The molecule has 19 heavy (non-hydrogen) atoms. The van der Waals surface area contributed by atoms with Gasteiger partial charge in [-0.05, 0) is 32.2 Å². The lowest BCUT2D eigenvalue weighted by Gasteiger charge is -2.30. The van der Waals surface area contributed by atoms with Crippen LogP contribution in [0.2, 0.25) is 0 Å². The van der Waals surface area contributed by atoms with Gasteiger partial charge in [-0.2, -0.15) is 0 Å². The van der Waals surface area contributed by atoms with Gasteiger partial charge < -0.3 is 15.2 Å². The normalized spacial score (nSPS) is 23.3. The fourth-order valence-corrected chi connectivity index (χ4v) is 2.75. The van der Waals surface area contributed by atoms with E-state index in [-0.39, 0.29) is 6.10 Å². The summed E-state index contributed by atoms with van der Waals surface area (Å²) in [4.78, 5) is 4.48. The van der Waals surface area contributed by atoms with Gasteiger partial charge in [0.05, 0.1) is 25.5 Å². The van der Waals surface area contributed by atoms with E-state index in [1.54, 1.807) is 7.11 Å². The van der Waals surface area contributed by atoms with Crippen molar-refractivity contribution in [1.82, 2.24) is 4.98 Å². The number of aryl methyl sites for hydroxylation is 1. The summed E-state index contributed by atoms with van der Waals surface area (Å²) < 4.78 is 11.3. The van der Waals surface area contributed by atoms with Crippen molar-refractivity contribution in [3.8, 4) is 5.75 Å². The van der Waals surface area contributed by atoms with Crippen LogP contribution in [0.4, 0.5) is 0 Å². The number of aromatic nitrogens is 1. The largest absolute Gasteiger partial charge is 0.497 e. The van der Waals surface area contributed by atoms with Crippen LogP contribution in [0.15, 0.2) is 12.1 Å². The molecule has 2 rings (SSSR count). The van der Waals surface area contributed by atoms with Gasteiger partial charge in [-0.1, -0.05) is 12.8 Å². The zero-order valence-electron chi connectivity index (χ0n) is 11.9. The molecule has 4 nitrogen and oxygen atoms in total. The lowest BCUT2D eigenvalue weighted by atomic mass is 9.86. The molecule has 0 radical (unpaired) electrons. The van der Waals surface area contributed by atoms with Crippen LogP contribution in [0.25, 0.3) is 0 Å². The first-order chi connectivity index (χ1) is 9.22. The first kappa shape index (κ1) is 14.3. The number of methoxy groups -OCH3 is 1. The highest BCUT2D eigenvalue weighted by molar-refractivity contribution is 5.26. The molecule has 1 aromatic heterocycles. The van der Waals surface area contributed by atoms with E-state index in [1.165, 1.54) is 19.3 Å². The fraction of sp³-hybridized carbons (Fsp3) is 0.667. The van der Waals surface area contributed by atoms with Crippen LogP contribution in [-0.2, 0) is 11.3 Å². The number of rotatable bonds is 5. The van der Waals surface area contributed by atoms with E-state index < -0.39 is 0 Å². The maximum atomic E-state index is 6.03. The first-order valence-electron chi connectivity index (χ1n) is 7.06. The molecule has 1 saturated carbocycles. The number of hydrogen-bond acceptors (Lipinski definition) is 4. The molecule has 0 aliphatic heterocycles. The lowest BCUT2D eigenvalue weighted by Crippen LogP contribution is -2.33. The Morgan fingerprint density at radius 3 is 2.84 bits per heavy atom. The fourth-order valence-electron chi connectivity index (χ4n) is 2.75. The van der Waals surface area contributed by atoms with Gasteiger partial charge in [0.25, 0.3) is 0 Å². The van der Waals surface area contributed by atoms with Gasteiger partial charge in [-0.15, -0.1) is 0 Å². The minimum Gasteiger partial charge on any atom is -0.497 e. The quantitative estimate of drug-likeness (QED) is 0.887. The molecule has 0 spiro atoms. The Hall–Kier alpha value is -1.13. The smallest absolute Gasteiger partial charge is 0.122 e. The van der Waals surface area contributed by atoms with Crippen LogP contribution >= 0.6 is 0 Å². The third-order valence-corrected chi connectivity index (χ3v) is 3.80. The number of nitrogens with zero attached hydrogens (tertiary/aromatic N) is 1. The Bertz CT molecular complexity index is 409. The van der Waals surface area contributed by atoms with Gasteiger partial charge in [0, 0.05) is 17.8 Å². The van der Waals surface area contributed by atoms with Crippen LogP contribution in [0.5, 0.6) is 5.75 Å². The maximum Gasteiger partial charge on any atom is 0.122 e. The molecule has 106 valence electrons. The molecule has 0 aromatic carbocycles. The molecule has 1 heterocycles. The van der Waals surface area contributed by atoms with Crippen molar-refractivity contribution in [3.63, 3.8) is 0 Å². The van der Waals surface area contributed by atoms with Crippen molar-refractivity contribution in [2.24, 2.45) is 11.7 Å². The predicted octanol–water partition coefficient (Wildman–Crippen LogP) is 2.43. The van der Waals surface area contributed by atoms with E-state index >= 15 is 0 Å². The minimum atomic E-state index is 0.284. The molecule has 0 saturated heterocycles. The highest BCUT2D eigenvalue weighted by Crippen LogP contribution is 2.27. The molecule has 0 bridgehead atoms. The summed E-state index contributed by atoms with van der Waals surface area (Å²) in [6.45, 7) is 3.23. The maximum absolute atomic E-state index is 6.03. The monoisotopic (exact) mass is 264 g/mol. The third kappa shape index (κ3) is 3.91. The van der Waals surface area contributed by atoms with E-state index in [9.17, 15) is 0 Å². The topological polar surface area (TPSA) is 57.4 Å². The molecule has 1 fully saturated rings. The minimum absolute atomic E-state index is 0.284. The Morgan fingerprint density at radius 2 is 2.11 bits per heavy atom. The molecule has 2 unspecified atom stereocenters. The molecule has 4 heteroatoms. The van der Waals surface area contributed by atoms with Crippen LogP contribution in [-0.4, -0.2) is 24.7 Å². The van der Waals surface area contributed by atoms with Gasteiger partial charge in [0.1, 0.15) is 5.75 Å². The number of pyridine rings is 1. The average Bonchev–Trinajstić information content (AvgIpc) is 2.44. The van der Waals surface area contributed by atoms with Gasteiger partial charge in [-0.3, -0.25) is 4.98 Å². The van der Waals surface area contributed by atoms with E-state index in [0.29, 0.717) is 12.5 Å². The van der Waals surface area contributed by atoms with Gasteiger partial charge in [0.2, 0.25) is 0 Å². The molecule has 2 atom stereocenters. The summed E-state index contributed by atoms with van der Waals surface area (Å²) >= 11 is 0. The zero-order valence-corrected chi connectivity index (χ0v) is 11.9. The van der Waals surface area contributed by atoms with Gasteiger partial charge >= 0.3 is 0 Å². The van der Waals surface area contributed by atoms with Crippen LogP contribution in [0.1, 0.15) is 37.1 Å². The summed E-state index contributed by atoms with van der Waals surface area (Å²) in [7, 11) is 1.67. The van der Waals surface area contributed by atoms with Gasteiger partial charge in [-0.25, -0.2) is 0 Å². The lowest BCUT2D eigenvalue weighted by molar-refractivity contribution is -0.0196. The molecular formula is C15H24N2O2. The molecule has 2 N–H and O–H groups in total. The second kappa shape index (κ2) is 6.87. The van der Waals surface area contributed by atoms with Crippen molar-refractivity contribution in [2.45, 2.75) is 45.3 Å². The van der Waals surface area contributed by atoms with Crippen molar-refractivity contribution >= 4 is 0 Å². The standard InChI is InChI=1S/C15H24N2O2/c1-11-7-14(18-2)8-13(17-11)10-19-15-6-4-3-5-12(15)9-16/h7-8,12,15H,3-6,9-10,16H2,1-2H3. The summed E-state index contributed by atoms with van der Waals surface area (Å²) in [5.41, 5.74) is 7.70. The van der Waals surface area contributed by atoms with Crippen LogP contribution in [0, 0.1) is 12.8 Å². The van der Waals surface area contributed by atoms with Crippen molar-refractivity contribution in [1.29, 1.82) is 0 Å². The van der Waals surface area contributed by atoms with E-state index in [1.807, 2.05) is 19.1 Å². The zero-order chi connectivity index (χ0) is 13.7. The van der Waals surface area contributed by atoms with Crippen LogP contribution in [0.3, 0.4) is 0 Å². The van der Waals surface area contributed by atoms with E-state index in [2.05, 4.69) is 4.98 Å². The molecular weight excluding hydrogens is 240 g/mol. The Labute approximate surface area is 115 Å². The van der Waals surface area contributed by atoms with Gasteiger partial charge in [0.15, 0.2) is 0 Å². The molecule has 1 aliphatic carbocycles. The number of ether oxygens (including phenoxy) is 2. The summed E-state index contributed by atoms with van der Waals surface area (Å²) in [6, 6.07) is 3.86. The average molecular weight is 264 g/mol. The molecule has 1 aromatic rings. The molecule has 1 aliphatic rings. The van der Waals surface area contributed by atoms with Crippen molar-refractivity contribution in [2.75, 3.05) is 13.7 Å². The highest BCUT2D eigenvalue weighted by atomic mass is 16.5. The second-order valence-electron chi connectivity index (χ2n) is 5.27. The highest BCUT2D eigenvalue weighted by Gasteiger charge is 2.24. The number of hydrogen-bond donors (Lipinski definition) is 1. The Balaban J connectivity index is 1.95. The Morgan fingerprint density at radius 1 is 1.32 bits per heavy atom. The van der Waals surface area contributed by atoms with E-state index in [0.717, 1.165) is 30.1 Å².